The average molecular weight is 531 g/mol. The zero-order valence-electron chi connectivity index (χ0n) is 21.3. The van der Waals surface area contributed by atoms with Gasteiger partial charge in [0.1, 0.15) is 11.6 Å². The molecule has 1 atom stereocenters. The van der Waals surface area contributed by atoms with Crippen LogP contribution in [0.1, 0.15) is 52.4 Å². The molecule has 5 rings (SSSR count). The van der Waals surface area contributed by atoms with Gasteiger partial charge in [0.05, 0.1) is 17.2 Å². The van der Waals surface area contributed by atoms with Gasteiger partial charge in [0.15, 0.2) is 5.17 Å². The summed E-state index contributed by atoms with van der Waals surface area (Å²) in [5.41, 5.74) is 3.29. The van der Waals surface area contributed by atoms with E-state index in [1.165, 1.54) is 30.0 Å². The van der Waals surface area contributed by atoms with Crippen molar-refractivity contribution in [2.24, 2.45) is 5.92 Å². The van der Waals surface area contributed by atoms with Gasteiger partial charge >= 0.3 is 0 Å². The van der Waals surface area contributed by atoms with Crippen LogP contribution in [0.3, 0.4) is 0 Å². The van der Waals surface area contributed by atoms with E-state index in [1.807, 2.05) is 24.0 Å². The summed E-state index contributed by atoms with van der Waals surface area (Å²) in [6, 6.07) is 16.5. The Hall–Kier alpha value is -3.70. The van der Waals surface area contributed by atoms with Crippen LogP contribution in [0.5, 0.6) is 0 Å². The third-order valence-electron chi connectivity index (χ3n) is 7.45. The molecule has 38 heavy (non-hydrogen) atoms. The standard InChI is InChI=1S/C30H28F2N4OS/c1-18-11-24(5-8-27(18)32)30(2,23-3-4-23)35-28(37)21-13-19(17-36-9-10-38-29(36)34)12-20(14-21)26-7-6-25(31)15-22(26)16-33/h5-8,11-15,23,34H,3-4,9-10,17H2,1-2H3,(H,35,37). The molecule has 194 valence electrons. The molecule has 0 radical (unpaired) electrons. The largest absolute Gasteiger partial charge is 0.347 e. The summed E-state index contributed by atoms with van der Waals surface area (Å²) in [6.45, 7) is 4.88. The zero-order valence-corrected chi connectivity index (χ0v) is 22.1. The molecule has 3 aromatic rings. The lowest BCUT2D eigenvalue weighted by Gasteiger charge is -2.32. The molecule has 2 aliphatic rings. The van der Waals surface area contributed by atoms with Gasteiger partial charge < -0.3 is 10.2 Å². The maximum Gasteiger partial charge on any atom is 0.252 e. The number of carbonyl (C=O) groups is 1. The van der Waals surface area contributed by atoms with Gasteiger partial charge in [0.2, 0.25) is 0 Å². The number of thioether (sulfide) groups is 1. The van der Waals surface area contributed by atoms with E-state index in [0.29, 0.717) is 34.0 Å². The van der Waals surface area contributed by atoms with Crippen LogP contribution in [0.2, 0.25) is 0 Å². The number of nitriles is 1. The third-order valence-corrected chi connectivity index (χ3v) is 8.37. The molecule has 0 spiro atoms. The van der Waals surface area contributed by atoms with E-state index in [9.17, 15) is 18.8 Å². The Bertz CT molecular complexity index is 1480. The maximum atomic E-state index is 14.0. The van der Waals surface area contributed by atoms with Crippen LogP contribution >= 0.6 is 11.8 Å². The third kappa shape index (κ3) is 5.16. The first-order chi connectivity index (χ1) is 18.2. The van der Waals surface area contributed by atoms with Gasteiger partial charge in [0, 0.05) is 24.4 Å². The van der Waals surface area contributed by atoms with E-state index in [-0.39, 0.29) is 23.2 Å². The molecule has 2 fully saturated rings. The van der Waals surface area contributed by atoms with E-state index in [0.717, 1.165) is 36.3 Å². The topological polar surface area (TPSA) is 80.0 Å². The number of carbonyl (C=O) groups excluding carboxylic acids is 1. The minimum absolute atomic E-state index is 0.183. The summed E-state index contributed by atoms with van der Waals surface area (Å²) in [5.74, 6) is 0.00376. The van der Waals surface area contributed by atoms with Crippen molar-refractivity contribution in [1.82, 2.24) is 10.2 Å². The van der Waals surface area contributed by atoms with Gasteiger partial charge in [-0.1, -0.05) is 30.0 Å². The predicted molar refractivity (Wildman–Crippen MR) is 146 cm³/mol. The Labute approximate surface area is 225 Å². The number of rotatable bonds is 7. The van der Waals surface area contributed by atoms with Crippen molar-refractivity contribution in [2.75, 3.05) is 12.3 Å². The number of benzene rings is 3. The van der Waals surface area contributed by atoms with Crippen molar-refractivity contribution < 1.29 is 13.6 Å². The van der Waals surface area contributed by atoms with Crippen LogP contribution in [-0.2, 0) is 12.1 Å². The minimum atomic E-state index is -0.673. The number of nitrogens with zero attached hydrogens (tertiary/aromatic N) is 2. The molecule has 1 saturated heterocycles. The maximum absolute atomic E-state index is 14.0. The smallest absolute Gasteiger partial charge is 0.252 e. The van der Waals surface area contributed by atoms with Crippen molar-refractivity contribution in [3.63, 3.8) is 0 Å². The van der Waals surface area contributed by atoms with E-state index < -0.39 is 11.4 Å². The second-order valence-electron chi connectivity index (χ2n) is 10.2. The molecule has 2 N–H and O–H groups in total. The number of nitrogens with one attached hydrogen (secondary N) is 2. The van der Waals surface area contributed by atoms with Crippen LogP contribution in [0, 0.1) is 41.2 Å². The van der Waals surface area contributed by atoms with Gasteiger partial charge in [-0.2, -0.15) is 5.26 Å². The minimum Gasteiger partial charge on any atom is -0.347 e. The zero-order chi connectivity index (χ0) is 27.0. The SMILES string of the molecule is Cc1cc(C(C)(NC(=O)c2cc(CN3CCSC3=N)cc(-c3ccc(F)cc3C#N)c2)C2CC2)ccc1F. The number of amidine groups is 1. The Morgan fingerprint density at radius 2 is 1.97 bits per heavy atom. The molecule has 1 amide bonds. The highest BCUT2D eigenvalue weighted by atomic mass is 32.2. The Balaban J connectivity index is 1.54. The van der Waals surface area contributed by atoms with Crippen LogP contribution < -0.4 is 5.32 Å². The number of hydrogen-bond acceptors (Lipinski definition) is 4. The molecule has 1 heterocycles. The van der Waals surface area contributed by atoms with Crippen molar-refractivity contribution >= 4 is 22.8 Å². The molecule has 1 saturated carbocycles. The molecule has 1 unspecified atom stereocenters. The van der Waals surface area contributed by atoms with Crippen molar-refractivity contribution in [3.05, 3.63) is 94.0 Å². The van der Waals surface area contributed by atoms with Gasteiger partial charge in [-0.3, -0.25) is 10.2 Å². The molecule has 0 bridgehead atoms. The van der Waals surface area contributed by atoms with E-state index in [1.54, 1.807) is 31.2 Å². The number of halogens is 2. The second-order valence-corrected chi connectivity index (χ2v) is 11.3. The lowest BCUT2D eigenvalue weighted by Crippen LogP contribution is -2.45. The monoisotopic (exact) mass is 530 g/mol. The van der Waals surface area contributed by atoms with Crippen LogP contribution in [-0.4, -0.2) is 28.3 Å². The lowest BCUT2D eigenvalue weighted by molar-refractivity contribution is 0.0892. The first-order valence-electron chi connectivity index (χ1n) is 12.6. The highest BCUT2D eigenvalue weighted by Gasteiger charge is 2.44. The normalized spacial score (nSPS) is 16.7. The number of hydrogen-bond donors (Lipinski definition) is 2. The fourth-order valence-electron chi connectivity index (χ4n) is 5.09. The number of amides is 1. The summed E-state index contributed by atoms with van der Waals surface area (Å²) in [6.07, 6.45) is 1.93. The number of aryl methyl sites for hydroxylation is 1. The molecule has 0 aromatic heterocycles. The van der Waals surface area contributed by atoms with Gasteiger partial charge in [-0.15, -0.1) is 0 Å². The Morgan fingerprint density at radius 1 is 1.18 bits per heavy atom. The van der Waals surface area contributed by atoms with Crippen molar-refractivity contribution in [1.29, 1.82) is 10.7 Å². The molecule has 5 nitrogen and oxygen atoms in total. The average Bonchev–Trinajstić information content (AvgIpc) is 3.69. The fraction of sp³-hybridized carbons (Fsp3) is 0.300. The summed E-state index contributed by atoms with van der Waals surface area (Å²) < 4.78 is 27.9. The van der Waals surface area contributed by atoms with E-state index >= 15 is 0 Å². The molecular formula is C30H28F2N4OS. The summed E-state index contributed by atoms with van der Waals surface area (Å²) in [7, 11) is 0. The molecule has 8 heteroatoms. The highest BCUT2D eigenvalue weighted by molar-refractivity contribution is 8.14. The van der Waals surface area contributed by atoms with Crippen LogP contribution in [0.4, 0.5) is 8.78 Å². The van der Waals surface area contributed by atoms with Gasteiger partial charge in [-0.25, -0.2) is 8.78 Å². The van der Waals surface area contributed by atoms with E-state index in [4.69, 9.17) is 5.41 Å². The quantitative estimate of drug-likeness (QED) is 0.373. The van der Waals surface area contributed by atoms with Gasteiger partial charge in [0.25, 0.3) is 5.91 Å². The summed E-state index contributed by atoms with van der Waals surface area (Å²) in [5, 5.41) is 21.6. The van der Waals surface area contributed by atoms with Crippen LogP contribution in [0.15, 0.2) is 54.6 Å². The van der Waals surface area contributed by atoms with Crippen LogP contribution in [0.25, 0.3) is 11.1 Å². The summed E-state index contributed by atoms with van der Waals surface area (Å²) >= 11 is 1.48. The fourth-order valence-corrected chi connectivity index (χ4v) is 5.94. The molecule has 1 aliphatic heterocycles. The predicted octanol–water partition coefficient (Wildman–Crippen LogP) is 6.35. The first kappa shape index (κ1) is 25.9. The molecule has 1 aliphatic carbocycles. The highest BCUT2D eigenvalue weighted by Crippen LogP contribution is 2.46. The Kier molecular flexibility index (Phi) is 6.97. The lowest BCUT2D eigenvalue weighted by atomic mass is 9.85. The Morgan fingerprint density at radius 3 is 2.63 bits per heavy atom. The summed E-state index contributed by atoms with van der Waals surface area (Å²) in [4.78, 5) is 15.7. The first-order valence-corrected chi connectivity index (χ1v) is 13.6. The van der Waals surface area contributed by atoms with Crippen molar-refractivity contribution in [2.45, 2.75) is 38.8 Å². The van der Waals surface area contributed by atoms with Crippen molar-refractivity contribution in [3.8, 4) is 17.2 Å². The molecular weight excluding hydrogens is 502 g/mol. The van der Waals surface area contributed by atoms with Gasteiger partial charge in [-0.05, 0) is 96.8 Å². The van der Waals surface area contributed by atoms with E-state index in [2.05, 4.69) is 11.4 Å². The molecule has 3 aromatic carbocycles. The second kappa shape index (κ2) is 10.2.